The first-order chi connectivity index (χ1) is 11.1. The van der Waals surface area contributed by atoms with Gasteiger partial charge in [0.2, 0.25) is 5.91 Å². The molecular formula is C17H23N3O3. The summed E-state index contributed by atoms with van der Waals surface area (Å²) in [5.74, 6) is -0.680. The van der Waals surface area contributed by atoms with Crippen molar-refractivity contribution in [3.05, 3.63) is 23.8 Å². The Morgan fingerprint density at radius 3 is 2.48 bits per heavy atom. The summed E-state index contributed by atoms with van der Waals surface area (Å²) in [5, 5.41) is 9.07. The Bertz CT molecular complexity index is 597. The molecule has 1 saturated carbocycles. The van der Waals surface area contributed by atoms with Crippen LogP contribution < -0.4 is 0 Å². The Morgan fingerprint density at radius 2 is 1.87 bits per heavy atom. The van der Waals surface area contributed by atoms with E-state index >= 15 is 0 Å². The number of aromatic nitrogens is 2. The van der Waals surface area contributed by atoms with Gasteiger partial charge in [0.15, 0.2) is 0 Å². The van der Waals surface area contributed by atoms with Crippen LogP contribution in [0, 0.1) is 18.8 Å². The number of carboxylic acid groups (broad SMARTS) is 1. The van der Waals surface area contributed by atoms with Crippen molar-refractivity contribution < 1.29 is 14.7 Å². The van der Waals surface area contributed by atoms with Crippen molar-refractivity contribution in [3.63, 3.8) is 0 Å². The molecule has 6 heteroatoms. The molecule has 1 saturated heterocycles. The van der Waals surface area contributed by atoms with Crippen molar-refractivity contribution in [3.8, 4) is 0 Å². The third-order valence-electron chi connectivity index (χ3n) is 5.26. The topological polar surface area (TPSA) is 83.4 Å². The van der Waals surface area contributed by atoms with Crippen LogP contribution in [0.2, 0.25) is 0 Å². The number of rotatable bonds is 3. The summed E-state index contributed by atoms with van der Waals surface area (Å²) >= 11 is 0. The van der Waals surface area contributed by atoms with Crippen molar-refractivity contribution in [1.82, 2.24) is 14.9 Å². The first-order valence-corrected chi connectivity index (χ1v) is 8.34. The molecular weight excluding hydrogens is 294 g/mol. The zero-order valence-electron chi connectivity index (χ0n) is 13.4. The van der Waals surface area contributed by atoms with Gasteiger partial charge in [-0.3, -0.25) is 9.59 Å². The highest BCUT2D eigenvalue weighted by atomic mass is 16.4. The van der Waals surface area contributed by atoms with Crippen LogP contribution in [0.15, 0.2) is 12.5 Å². The van der Waals surface area contributed by atoms with E-state index in [-0.39, 0.29) is 17.7 Å². The highest BCUT2D eigenvalue weighted by Gasteiger charge is 2.37. The fourth-order valence-corrected chi connectivity index (χ4v) is 3.90. The highest BCUT2D eigenvalue weighted by molar-refractivity contribution is 5.81. The van der Waals surface area contributed by atoms with Gasteiger partial charge in [-0.1, -0.05) is 0 Å². The highest BCUT2D eigenvalue weighted by Crippen LogP contribution is 2.34. The molecule has 2 fully saturated rings. The summed E-state index contributed by atoms with van der Waals surface area (Å²) in [6, 6.07) is 0. The Balaban J connectivity index is 1.56. The Morgan fingerprint density at radius 1 is 1.17 bits per heavy atom. The second-order valence-corrected chi connectivity index (χ2v) is 6.74. The second-order valence-electron chi connectivity index (χ2n) is 6.74. The first-order valence-electron chi connectivity index (χ1n) is 8.34. The number of likely N-dealkylation sites (tertiary alicyclic amines) is 1. The van der Waals surface area contributed by atoms with Gasteiger partial charge in [0.1, 0.15) is 6.33 Å². The second kappa shape index (κ2) is 6.64. The van der Waals surface area contributed by atoms with E-state index in [0.717, 1.165) is 37.2 Å². The summed E-state index contributed by atoms with van der Waals surface area (Å²) in [7, 11) is 0. The zero-order valence-corrected chi connectivity index (χ0v) is 13.4. The van der Waals surface area contributed by atoms with Crippen LogP contribution in [0.3, 0.4) is 0 Å². The fraction of sp³-hybridized carbons (Fsp3) is 0.647. The number of hydrogen-bond acceptors (Lipinski definition) is 4. The molecule has 3 rings (SSSR count). The first kappa shape index (κ1) is 15.9. The minimum Gasteiger partial charge on any atom is -0.481 e. The van der Waals surface area contributed by atoms with Gasteiger partial charge >= 0.3 is 5.97 Å². The monoisotopic (exact) mass is 317 g/mol. The smallest absolute Gasteiger partial charge is 0.306 e. The molecule has 1 aliphatic carbocycles. The number of piperidine rings is 1. The Hall–Kier alpha value is -1.98. The molecule has 124 valence electrons. The molecule has 0 bridgehead atoms. The van der Waals surface area contributed by atoms with Crippen LogP contribution >= 0.6 is 0 Å². The maximum absolute atomic E-state index is 12.6. The molecule has 1 aromatic heterocycles. The van der Waals surface area contributed by atoms with Gasteiger partial charge in [-0.25, -0.2) is 9.97 Å². The summed E-state index contributed by atoms with van der Waals surface area (Å²) < 4.78 is 0. The molecule has 0 aromatic carbocycles. The van der Waals surface area contributed by atoms with E-state index in [1.165, 1.54) is 0 Å². The van der Waals surface area contributed by atoms with E-state index in [9.17, 15) is 9.59 Å². The molecule has 2 aliphatic rings. The summed E-state index contributed by atoms with van der Waals surface area (Å²) in [4.78, 5) is 34.0. The van der Waals surface area contributed by atoms with Gasteiger partial charge in [-0.05, 0) is 44.6 Å². The lowest BCUT2D eigenvalue weighted by atomic mass is 9.90. The quantitative estimate of drug-likeness (QED) is 0.922. The van der Waals surface area contributed by atoms with E-state index in [4.69, 9.17) is 5.11 Å². The standard InChI is InChI=1S/C17H23N3O3/c1-11-9-18-10-19-15(11)12-4-6-20(7-5-12)16(21)13-2-3-14(8-13)17(22)23/h9-10,12-14H,2-8H2,1H3,(H,22,23). The average molecular weight is 317 g/mol. The molecule has 1 amide bonds. The Labute approximate surface area is 135 Å². The van der Waals surface area contributed by atoms with E-state index in [1.807, 2.05) is 18.0 Å². The number of carboxylic acids is 1. The molecule has 2 unspecified atom stereocenters. The average Bonchev–Trinajstić information content (AvgIpc) is 3.05. The third-order valence-corrected chi connectivity index (χ3v) is 5.26. The molecule has 0 radical (unpaired) electrons. The van der Waals surface area contributed by atoms with Gasteiger partial charge in [-0.2, -0.15) is 0 Å². The molecule has 6 nitrogen and oxygen atoms in total. The van der Waals surface area contributed by atoms with Crippen molar-refractivity contribution >= 4 is 11.9 Å². The lowest BCUT2D eigenvalue weighted by Gasteiger charge is -2.33. The van der Waals surface area contributed by atoms with Crippen LogP contribution in [0.4, 0.5) is 0 Å². The van der Waals surface area contributed by atoms with Gasteiger partial charge in [0.05, 0.1) is 5.92 Å². The van der Waals surface area contributed by atoms with Crippen LogP contribution in [0.1, 0.15) is 49.3 Å². The number of carbonyl (C=O) groups is 2. The summed E-state index contributed by atoms with van der Waals surface area (Å²) in [6.07, 6.45) is 7.09. The molecule has 23 heavy (non-hydrogen) atoms. The third kappa shape index (κ3) is 3.35. The molecule has 1 aromatic rings. The largest absolute Gasteiger partial charge is 0.481 e. The van der Waals surface area contributed by atoms with Gasteiger partial charge in [0.25, 0.3) is 0 Å². The van der Waals surface area contributed by atoms with Crippen molar-refractivity contribution in [1.29, 1.82) is 0 Å². The molecule has 2 atom stereocenters. The van der Waals surface area contributed by atoms with Crippen LogP contribution in [-0.4, -0.2) is 44.9 Å². The van der Waals surface area contributed by atoms with E-state index < -0.39 is 5.97 Å². The van der Waals surface area contributed by atoms with Gasteiger partial charge < -0.3 is 10.0 Å². The van der Waals surface area contributed by atoms with Gasteiger partial charge in [0, 0.05) is 36.8 Å². The maximum Gasteiger partial charge on any atom is 0.306 e. The van der Waals surface area contributed by atoms with Crippen molar-refractivity contribution in [2.24, 2.45) is 11.8 Å². The predicted octanol–water partition coefficient (Wildman–Crippen LogP) is 1.99. The zero-order chi connectivity index (χ0) is 16.4. The minimum absolute atomic E-state index is 0.103. The minimum atomic E-state index is -0.766. The fourth-order valence-electron chi connectivity index (χ4n) is 3.90. The molecule has 2 heterocycles. The summed E-state index contributed by atoms with van der Waals surface area (Å²) in [6.45, 7) is 3.50. The number of amides is 1. The van der Waals surface area contributed by atoms with Crippen molar-refractivity contribution in [2.75, 3.05) is 13.1 Å². The van der Waals surface area contributed by atoms with E-state index in [2.05, 4.69) is 9.97 Å². The Kier molecular flexibility index (Phi) is 4.59. The van der Waals surface area contributed by atoms with Crippen LogP contribution in [-0.2, 0) is 9.59 Å². The normalized spacial score (nSPS) is 25.5. The van der Waals surface area contributed by atoms with Crippen molar-refractivity contribution in [2.45, 2.75) is 44.9 Å². The molecule has 0 spiro atoms. The lowest BCUT2D eigenvalue weighted by Crippen LogP contribution is -2.41. The van der Waals surface area contributed by atoms with Crippen LogP contribution in [0.25, 0.3) is 0 Å². The summed E-state index contributed by atoms with van der Waals surface area (Å²) in [5.41, 5.74) is 2.20. The predicted molar refractivity (Wildman–Crippen MR) is 83.8 cm³/mol. The van der Waals surface area contributed by atoms with E-state index in [0.29, 0.717) is 25.2 Å². The lowest BCUT2D eigenvalue weighted by molar-refractivity contribution is -0.141. The number of carbonyl (C=O) groups excluding carboxylic acids is 1. The van der Waals surface area contributed by atoms with E-state index in [1.54, 1.807) is 6.33 Å². The number of aryl methyl sites for hydroxylation is 1. The van der Waals surface area contributed by atoms with Crippen LogP contribution in [0.5, 0.6) is 0 Å². The maximum atomic E-state index is 12.6. The number of nitrogens with zero attached hydrogens (tertiary/aromatic N) is 3. The molecule has 1 N–H and O–H groups in total. The number of aliphatic carboxylic acids is 1. The van der Waals surface area contributed by atoms with Gasteiger partial charge in [-0.15, -0.1) is 0 Å². The molecule has 1 aliphatic heterocycles. The SMILES string of the molecule is Cc1cncnc1C1CCN(C(=O)C2CCC(C(=O)O)C2)CC1. The number of hydrogen-bond donors (Lipinski definition) is 1.